The average molecular weight is 266 g/mol. The fourth-order valence-electron chi connectivity index (χ4n) is 2.42. The number of anilines is 1. The molecule has 0 saturated heterocycles. The van der Waals surface area contributed by atoms with E-state index >= 15 is 0 Å². The van der Waals surface area contributed by atoms with Gasteiger partial charge in [0.1, 0.15) is 5.82 Å². The van der Waals surface area contributed by atoms with E-state index in [1.165, 1.54) is 18.9 Å². The van der Waals surface area contributed by atoms with Crippen molar-refractivity contribution in [1.82, 2.24) is 5.32 Å². The molecular formula is C14H19FN2S. The number of para-hydroxylation sites is 1. The average Bonchev–Trinajstić information content (AvgIpc) is 2.85. The number of hydrogen-bond donors (Lipinski definition) is 1. The minimum absolute atomic E-state index is 0.227. The third-order valence-corrected chi connectivity index (χ3v) is 3.73. The van der Waals surface area contributed by atoms with E-state index < -0.39 is 0 Å². The van der Waals surface area contributed by atoms with Gasteiger partial charge in [-0.05, 0) is 44.1 Å². The molecule has 98 valence electrons. The van der Waals surface area contributed by atoms with Crippen molar-refractivity contribution in [1.29, 1.82) is 0 Å². The predicted octanol–water partition coefficient (Wildman–Crippen LogP) is 3.47. The Hall–Kier alpha value is -1.16. The maximum atomic E-state index is 13.8. The van der Waals surface area contributed by atoms with Crippen LogP contribution in [0.5, 0.6) is 0 Å². The summed E-state index contributed by atoms with van der Waals surface area (Å²) in [6, 6.07) is 7.22. The largest absolute Gasteiger partial charge is 0.360 e. The minimum atomic E-state index is -0.227. The molecular weight excluding hydrogens is 247 g/mol. The van der Waals surface area contributed by atoms with E-state index in [0.29, 0.717) is 23.4 Å². The number of benzene rings is 1. The van der Waals surface area contributed by atoms with Gasteiger partial charge < -0.3 is 10.2 Å². The summed E-state index contributed by atoms with van der Waals surface area (Å²) >= 11 is 5.40. The zero-order valence-corrected chi connectivity index (χ0v) is 11.5. The predicted molar refractivity (Wildman–Crippen MR) is 77.4 cm³/mol. The van der Waals surface area contributed by atoms with Crippen molar-refractivity contribution >= 4 is 23.0 Å². The number of nitrogens with zero attached hydrogens (tertiary/aromatic N) is 1. The zero-order chi connectivity index (χ0) is 13.0. The van der Waals surface area contributed by atoms with Gasteiger partial charge in [-0.25, -0.2) is 4.39 Å². The van der Waals surface area contributed by atoms with E-state index in [0.717, 1.165) is 12.8 Å². The SMILES string of the molecule is CCN(C(=S)NC1CCCC1)c1ccccc1F. The van der Waals surface area contributed by atoms with E-state index in [4.69, 9.17) is 12.2 Å². The lowest BCUT2D eigenvalue weighted by atomic mass is 10.2. The normalized spacial score (nSPS) is 15.7. The van der Waals surface area contributed by atoms with Crippen LogP contribution >= 0.6 is 12.2 Å². The van der Waals surface area contributed by atoms with E-state index in [9.17, 15) is 4.39 Å². The fraction of sp³-hybridized carbons (Fsp3) is 0.500. The van der Waals surface area contributed by atoms with Crippen molar-refractivity contribution in [2.75, 3.05) is 11.4 Å². The molecule has 1 aliphatic rings. The number of halogens is 1. The van der Waals surface area contributed by atoms with Crippen LogP contribution in [0, 0.1) is 5.82 Å². The van der Waals surface area contributed by atoms with Gasteiger partial charge >= 0.3 is 0 Å². The standard InChI is InChI=1S/C14H19FN2S/c1-2-17(13-10-6-5-9-12(13)15)14(18)16-11-7-3-4-8-11/h5-6,9-11H,2-4,7-8H2,1H3,(H,16,18). The highest BCUT2D eigenvalue weighted by Crippen LogP contribution is 2.21. The second-order valence-electron chi connectivity index (χ2n) is 4.63. The highest BCUT2D eigenvalue weighted by molar-refractivity contribution is 7.80. The molecule has 1 saturated carbocycles. The van der Waals surface area contributed by atoms with Gasteiger partial charge in [0, 0.05) is 12.6 Å². The topological polar surface area (TPSA) is 15.3 Å². The molecule has 18 heavy (non-hydrogen) atoms. The second-order valence-corrected chi connectivity index (χ2v) is 5.01. The monoisotopic (exact) mass is 266 g/mol. The fourth-order valence-corrected chi connectivity index (χ4v) is 2.81. The van der Waals surface area contributed by atoms with Crippen LogP contribution in [0.3, 0.4) is 0 Å². The van der Waals surface area contributed by atoms with Gasteiger partial charge in [0.25, 0.3) is 0 Å². The quantitative estimate of drug-likeness (QED) is 0.843. The molecule has 1 aromatic carbocycles. The molecule has 0 aromatic heterocycles. The molecule has 1 aromatic rings. The lowest BCUT2D eigenvalue weighted by Gasteiger charge is -2.27. The summed E-state index contributed by atoms with van der Waals surface area (Å²) in [4.78, 5) is 1.82. The van der Waals surface area contributed by atoms with Gasteiger partial charge in [0.15, 0.2) is 5.11 Å². The summed E-state index contributed by atoms with van der Waals surface area (Å²) in [5.41, 5.74) is 0.551. The van der Waals surface area contributed by atoms with Crippen molar-refractivity contribution in [2.45, 2.75) is 38.6 Å². The van der Waals surface area contributed by atoms with E-state index in [1.54, 1.807) is 12.1 Å². The Morgan fingerprint density at radius 2 is 2.06 bits per heavy atom. The van der Waals surface area contributed by atoms with Crippen LogP contribution < -0.4 is 10.2 Å². The van der Waals surface area contributed by atoms with Crippen LogP contribution in [0.1, 0.15) is 32.6 Å². The van der Waals surface area contributed by atoms with Gasteiger partial charge in [-0.1, -0.05) is 25.0 Å². The summed E-state index contributed by atoms with van der Waals surface area (Å²) in [7, 11) is 0. The number of hydrogen-bond acceptors (Lipinski definition) is 1. The third kappa shape index (κ3) is 2.99. The Morgan fingerprint density at radius 1 is 1.39 bits per heavy atom. The van der Waals surface area contributed by atoms with Crippen molar-refractivity contribution in [3.05, 3.63) is 30.1 Å². The molecule has 0 bridgehead atoms. The van der Waals surface area contributed by atoms with Crippen LogP contribution in [0.2, 0.25) is 0 Å². The van der Waals surface area contributed by atoms with Gasteiger partial charge in [-0.2, -0.15) is 0 Å². The molecule has 0 amide bonds. The molecule has 0 spiro atoms. The minimum Gasteiger partial charge on any atom is -0.360 e. The maximum Gasteiger partial charge on any atom is 0.173 e. The molecule has 4 heteroatoms. The summed E-state index contributed by atoms with van der Waals surface area (Å²) < 4.78 is 13.8. The third-order valence-electron chi connectivity index (χ3n) is 3.39. The first kappa shape index (κ1) is 13.3. The Kier molecular flexibility index (Phi) is 4.53. The number of nitrogens with one attached hydrogen (secondary N) is 1. The Bertz CT molecular complexity index is 416. The molecule has 1 aliphatic carbocycles. The molecule has 0 atom stereocenters. The molecule has 0 heterocycles. The van der Waals surface area contributed by atoms with Crippen LogP contribution in [0.4, 0.5) is 10.1 Å². The van der Waals surface area contributed by atoms with Crippen LogP contribution in [0.25, 0.3) is 0 Å². The van der Waals surface area contributed by atoms with Crippen LogP contribution in [-0.2, 0) is 0 Å². The van der Waals surface area contributed by atoms with Crippen LogP contribution in [0.15, 0.2) is 24.3 Å². The van der Waals surface area contributed by atoms with Crippen LogP contribution in [-0.4, -0.2) is 17.7 Å². The molecule has 1 N–H and O–H groups in total. The second kappa shape index (κ2) is 6.14. The first-order valence-corrected chi connectivity index (χ1v) is 6.95. The van der Waals surface area contributed by atoms with Gasteiger partial charge in [0.05, 0.1) is 5.69 Å². The van der Waals surface area contributed by atoms with Gasteiger partial charge in [-0.15, -0.1) is 0 Å². The van der Waals surface area contributed by atoms with Crippen molar-refractivity contribution in [2.24, 2.45) is 0 Å². The molecule has 0 aliphatic heterocycles. The van der Waals surface area contributed by atoms with Crippen molar-refractivity contribution in [3.8, 4) is 0 Å². The first-order valence-electron chi connectivity index (χ1n) is 6.55. The number of rotatable bonds is 3. The Balaban J connectivity index is 2.08. The van der Waals surface area contributed by atoms with Gasteiger partial charge in [0.2, 0.25) is 0 Å². The Labute approximate surface area is 113 Å². The highest BCUT2D eigenvalue weighted by Gasteiger charge is 2.19. The van der Waals surface area contributed by atoms with E-state index in [1.807, 2.05) is 17.9 Å². The summed E-state index contributed by atoms with van der Waals surface area (Å²) in [5, 5.41) is 3.98. The Morgan fingerprint density at radius 3 is 2.67 bits per heavy atom. The smallest absolute Gasteiger partial charge is 0.173 e. The zero-order valence-electron chi connectivity index (χ0n) is 10.7. The maximum absolute atomic E-state index is 13.8. The molecule has 2 rings (SSSR count). The first-order chi connectivity index (χ1) is 8.72. The van der Waals surface area contributed by atoms with Crippen molar-refractivity contribution < 1.29 is 4.39 Å². The molecule has 1 fully saturated rings. The molecule has 2 nitrogen and oxygen atoms in total. The van der Waals surface area contributed by atoms with Crippen molar-refractivity contribution in [3.63, 3.8) is 0 Å². The molecule has 0 unspecified atom stereocenters. The molecule has 0 radical (unpaired) electrons. The lowest BCUT2D eigenvalue weighted by Crippen LogP contribution is -2.44. The van der Waals surface area contributed by atoms with E-state index in [-0.39, 0.29) is 5.82 Å². The summed E-state index contributed by atoms with van der Waals surface area (Å²) in [6.07, 6.45) is 4.84. The van der Waals surface area contributed by atoms with E-state index in [2.05, 4.69) is 5.32 Å². The summed E-state index contributed by atoms with van der Waals surface area (Å²) in [5.74, 6) is -0.227. The number of thiocarbonyl (C=S) groups is 1. The highest BCUT2D eigenvalue weighted by atomic mass is 32.1. The lowest BCUT2D eigenvalue weighted by molar-refractivity contribution is 0.616. The van der Waals surface area contributed by atoms with Gasteiger partial charge in [-0.3, -0.25) is 0 Å². The summed E-state index contributed by atoms with van der Waals surface area (Å²) in [6.45, 7) is 2.65.